The number of amides is 1. The molecule has 2 N–H and O–H groups in total. The maximum absolute atomic E-state index is 12.7. The molecule has 0 saturated heterocycles. The minimum atomic E-state index is -5.17. The second-order valence-corrected chi connectivity index (χ2v) is 9.13. The van der Waals surface area contributed by atoms with E-state index >= 15 is 0 Å². The van der Waals surface area contributed by atoms with Crippen LogP contribution in [0.15, 0.2) is 57.2 Å². The van der Waals surface area contributed by atoms with Crippen molar-refractivity contribution >= 4 is 44.8 Å². The minimum Gasteiger partial charge on any atom is -0.373 e. The zero-order chi connectivity index (χ0) is 21.3. The summed E-state index contributed by atoms with van der Waals surface area (Å²) in [5.41, 5.74) is -3.77. The predicted molar refractivity (Wildman–Crippen MR) is 100 cm³/mol. The number of alkyl halides is 3. The molecule has 2 aromatic rings. The lowest BCUT2D eigenvalue weighted by molar-refractivity contribution is -0.242. The fourth-order valence-corrected chi connectivity index (χ4v) is 3.86. The Kier molecular flexibility index (Phi) is 6.70. The molecule has 11 heteroatoms. The van der Waals surface area contributed by atoms with E-state index in [1.807, 2.05) is 5.32 Å². The molecule has 5 nitrogen and oxygen atoms in total. The van der Waals surface area contributed by atoms with Crippen molar-refractivity contribution < 1.29 is 31.5 Å². The SMILES string of the molecule is CS(=O)c1ccc([S@@](=O)c2ccc(NC(=O)C(C)(O)C(F)(F)F)c(Cl)c2)cc1. The molecule has 2 aromatic carbocycles. The third-order valence-electron chi connectivity index (χ3n) is 3.77. The molecule has 152 valence electrons. The van der Waals surface area contributed by atoms with Crippen molar-refractivity contribution in [2.45, 2.75) is 33.4 Å². The Morgan fingerprint density at radius 3 is 2.00 bits per heavy atom. The third-order valence-corrected chi connectivity index (χ3v) is 6.40. The summed E-state index contributed by atoms with van der Waals surface area (Å²) in [6.07, 6.45) is -3.66. The number of carbonyl (C=O) groups is 1. The minimum absolute atomic E-state index is 0.150. The molecule has 0 radical (unpaired) electrons. The summed E-state index contributed by atoms with van der Waals surface area (Å²) in [7, 11) is -2.84. The van der Waals surface area contributed by atoms with Crippen LogP contribution in [-0.4, -0.2) is 37.5 Å². The van der Waals surface area contributed by atoms with Crippen LogP contribution in [0.1, 0.15) is 6.92 Å². The number of hydrogen-bond donors (Lipinski definition) is 2. The Morgan fingerprint density at radius 1 is 1.04 bits per heavy atom. The number of rotatable bonds is 5. The van der Waals surface area contributed by atoms with Gasteiger partial charge in [-0.2, -0.15) is 13.2 Å². The first-order valence-corrected chi connectivity index (χ1v) is 10.7. The summed E-state index contributed by atoms with van der Waals surface area (Å²) in [5.74, 6) is -1.70. The van der Waals surface area contributed by atoms with E-state index in [9.17, 15) is 31.5 Å². The van der Waals surface area contributed by atoms with Gasteiger partial charge in [0.15, 0.2) is 0 Å². The summed E-state index contributed by atoms with van der Waals surface area (Å²) in [4.78, 5) is 13.0. The summed E-state index contributed by atoms with van der Waals surface area (Å²) in [6.45, 7) is 0.326. The van der Waals surface area contributed by atoms with Crippen molar-refractivity contribution in [3.63, 3.8) is 0 Å². The summed E-state index contributed by atoms with van der Waals surface area (Å²) < 4.78 is 62.2. The topological polar surface area (TPSA) is 83.5 Å². The van der Waals surface area contributed by atoms with E-state index in [2.05, 4.69) is 0 Å². The van der Waals surface area contributed by atoms with E-state index in [4.69, 9.17) is 11.6 Å². The summed E-state index contributed by atoms with van der Waals surface area (Å²) in [6, 6.07) is 9.97. The lowest BCUT2D eigenvalue weighted by Gasteiger charge is -2.25. The van der Waals surface area contributed by atoms with Crippen LogP contribution in [0.5, 0.6) is 0 Å². The lowest BCUT2D eigenvalue weighted by Crippen LogP contribution is -2.52. The van der Waals surface area contributed by atoms with Crippen LogP contribution >= 0.6 is 11.6 Å². The number of benzene rings is 2. The number of nitrogens with one attached hydrogen (secondary N) is 1. The second-order valence-electron chi connectivity index (χ2n) is 5.86. The van der Waals surface area contributed by atoms with Gasteiger partial charge in [0.25, 0.3) is 5.91 Å². The van der Waals surface area contributed by atoms with Crippen LogP contribution in [0.2, 0.25) is 5.02 Å². The quantitative estimate of drug-likeness (QED) is 0.726. The molecule has 0 aliphatic heterocycles. The Morgan fingerprint density at radius 2 is 1.54 bits per heavy atom. The molecule has 0 fully saturated rings. The molecule has 28 heavy (non-hydrogen) atoms. The fourth-order valence-electron chi connectivity index (χ4n) is 1.98. The highest BCUT2D eigenvalue weighted by Gasteiger charge is 2.55. The summed E-state index contributed by atoms with van der Waals surface area (Å²) in [5, 5.41) is 11.1. The Bertz CT molecular complexity index is 946. The predicted octanol–water partition coefficient (Wildman–Crippen LogP) is 3.50. The maximum atomic E-state index is 12.7. The molecular weight excluding hydrogens is 439 g/mol. The van der Waals surface area contributed by atoms with Crippen molar-refractivity contribution in [3.05, 3.63) is 47.5 Å². The molecule has 1 amide bonds. The molecule has 3 atom stereocenters. The highest BCUT2D eigenvalue weighted by Crippen LogP contribution is 2.33. The van der Waals surface area contributed by atoms with Gasteiger partial charge in [0.2, 0.25) is 5.60 Å². The van der Waals surface area contributed by atoms with Gasteiger partial charge in [0, 0.05) is 31.7 Å². The van der Waals surface area contributed by atoms with Crippen molar-refractivity contribution in [1.29, 1.82) is 0 Å². The first-order valence-electron chi connectivity index (χ1n) is 7.60. The molecule has 2 unspecified atom stereocenters. The van der Waals surface area contributed by atoms with Crippen molar-refractivity contribution in [1.82, 2.24) is 0 Å². The van der Waals surface area contributed by atoms with E-state index in [0.717, 1.165) is 0 Å². The maximum Gasteiger partial charge on any atom is 0.426 e. The fraction of sp³-hybridized carbons (Fsp3) is 0.235. The molecule has 2 rings (SSSR count). The van der Waals surface area contributed by atoms with E-state index in [1.54, 1.807) is 12.1 Å². The monoisotopic (exact) mass is 453 g/mol. The number of halogens is 4. The zero-order valence-electron chi connectivity index (χ0n) is 14.5. The van der Waals surface area contributed by atoms with Crippen LogP contribution in [-0.2, 0) is 26.4 Å². The van der Waals surface area contributed by atoms with Gasteiger partial charge in [-0.15, -0.1) is 0 Å². The van der Waals surface area contributed by atoms with Crippen LogP contribution in [0.25, 0.3) is 0 Å². The number of aliphatic hydroxyl groups is 1. The smallest absolute Gasteiger partial charge is 0.373 e. The van der Waals surface area contributed by atoms with Crippen LogP contribution < -0.4 is 5.32 Å². The average Bonchev–Trinajstić information content (AvgIpc) is 2.61. The van der Waals surface area contributed by atoms with E-state index in [0.29, 0.717) is 16.7 Å². The van der Waals surface area contributed by atoms with E-state index in [1.165, 1.54) is 36.6 Å². The molecular formula is C17H15ClF3NO4S2. The largest absolute Gasteiger partial charge is 0.426 e. The second kappa shape index (κ2) is 8.32. The van der Waals surface area contributed by atoms with Gasteiger partial charge in [0.1, 0.15) is 0 Å². The van der Waals surface area contributed by atoms with Crippen LogP contribution in [0.3, 0.4) is 0 Å². The Hall–Kier alpha value is -1.75. The van der Waals surface area contributed by atoms with Crippen LogP contribution in [0, 0.1) is 0 Å². The van der Waals surface area contributed by atoms with Gasteiger partial charge in [0.05, 0.1) is 21.5 Å². The highest BCUT2D eigenvalue weighted by atomic mass is 35.5. The zero-order valence-corrected chi connectivity index (χ0v) is 16.9. The molecule has 0 aromatic heterocycles. The van der Waals surface area contributed by atoms with Gasteiger partial charge in [-0.1, -0.05) is 11.6 Å². The molecule has 0 heterocycles. The van der Waals surface area contributed by atoms with Gasteiger partial charge in [-0.25, -0.2) is 4.21 Å². The Labute approximate surface area is 168 Å². The lowest BCUT2D eigenvalue weighted by atomic mass is 10.1. The third kappa shape index (κ3) is 4.80. The van der Waals surface area contributed by atoms with Gasteiger partial charge in [-0.3, -0.25) is 9.00 Å². The molecule has 0 bridgehead atoms. The summed E-state index contributed by atoms with van der Waals surface area (Å²) >= 11 is 5.98. The normalized spacial score (nSPS) is 16.1. The van der Waals surface area contributed by atoms with Crippen molar-refractivity contribution in [2.24, 2.45) is 0 Å². The van der Waals surface area contributed by atoms with Crippen LogP contribution in [0.4, 0.5) is 18.9 Å². The van der Waals surface area contributed by atoms with E-state index in [-0.39, 0.29) is 15.6 Å². The molecule has 0 saturated carbocycles. The van der Waals surface area contributed by atoms with E-state index < -0.39 is 39.3 Å². The molecule has 0 aliphatic rings. The first kappa shape index (κ1) is 22.5. The first-order chi connectivity index (χ1) is 12.8. The number of carbonyl (C=O) groups excluding carboxylic acids is 1. The highest BCUT2D eigenvalue weighted by molar-refractivity contribution is 7.85. The Balaban J connectivity index is 2.23. The van der Waals surface area contributed by atoms with Gasteiger partial charge >= 0.3 is 6.18 Å². The molecule has 0 spiro atoms. The van der Waals surface area contributed by atoms with Gasteiger partial charge in [-0.05, 0) is 49.4 Å². The van der Waals surface area contributed by atoms with Crippen molar-refractivity contribution in [2.75, 3.05) is 11.6 Å². The standard InChI is InChI=1S/C17H15ClF3NO4S2/c1-16(24,17(19,20)21)15(23)22-14-8-7-12(9-13(14)18)28(26)11-5-3-10(4-6-11)27(2)25/h3-9,24H,1-2H3,(H,22,23)/t16?,27?,28-/m1/s1. The van der Waals surface area contributed by atoms with Crippen molar-refractivity contribution in [3.8, 4) is 0 Å². The number of anilines is 1. The average molecular weight is 454 g/mol. The van der Waals surface area contributed by atoms with Gasteiger partial charge < -0.3 is 10.4 Å². The number of hydrogen-bond acceptors (Lipinski definition) is 4. The molecule has 0 aliphatic carbocycles.